The Labute approximate surface area is 124 Å². The Balaban J connectivity index is 2.11. The van der Waals surface area contributed by atoms with Crippen LogP contribution in [0.25, 0.3) is 0 Å². The lowest BCUT2D eigenvalue weighted by molar-refractivity contribution is 0.515. The van der Waals surface area contributed by atoms with Gasteiger partial charge in [-0.2, -0.15) is 0 Å². The highest BCUT2D eigenvalue weighted by molar-refractivity contribution is 9.10. The predicted molar refractivity (Wildman–Crippen MR) is 84.4 cm³/mol. The van der Waals surface area contributed by atoms with Crippen molar-refractivity contribution in [3.05, 3.63) is 22.8 Å². The van der Waals surface area contributed by atoms with Crippen LogP contribution < -0.4 is 10.6 Å². The van der Waals surface area contributed by atoms with Gasteiger partial charge in [0.25, 0.3) is 0 Å². The molecule has 19 heavy (non-hydrogen) atoms. The molecular formula is C15H24BrN3. The molecule has 4 heteroatoms. The number of nitrogens with zero attached hydrogens (tertiary/aromatic N) is 2. The van der Waals surface area contributed by atoms with Crippen molar-refractivity contribution in [2.24, 2.45) is 5.73 Å². The van der Waals surface area contributed by atoms with Crippen LogP contribution in [-0.2, 0) is 0 Å². The molecule has 3 nitrogen and oxygen atoms in total. The molecule has 106 valence electrons. The third kappa shape index (κ3) is 4.46. The molecule has 0 atom stereocenters. The Kier molecular flexibility index (Phi) is 6.11. The van der Waals surface area contributed by atoms with Crippen molar-refractivity contribution >= 4 is 21.7 Å². The van der Waals surface area contributed by atoms with Gasteiger partial charge in [0.1, 0.15) is 5.82 Å². The van der Waals surface area contributed by atoms with Crippen LogP contribution in [0.3, 0.4) is 0 Å². The number of halogens is 1. The maximum absolute atomic E-state index is 5.68. The van der Waals surface area contributed by atoms with E-state index in [1.165, 1.54) is 38.5 Å². The van der Waals surface area contributed by atoms with Crippen LogP contribution >= 0.6 is 15.9 Å². The lowest BCUT2D eigenvalue weighted by Crippen LogP contribution is -2.37. The first-order chi connectivity index (χ1) is 9.31. The van der Waals surface area contributed by atoms with Crippen LogP contribution in [0.2, 0.25) is 0 Å². The predicted octanol–water partition coefficient (Wildman–Crippen LogP) is 3.72. The Morgan fingerprint density at radius 3 is 2.53 bits per heavy atom. The minimum Gasteiger partial charge on any atom is -0.354 e. The molecule has 0 radical (unpaired) electrons. The second kappa shape index (κ2) is 7.85. The maximum atomic E-state index is 5.68. The molecule has 1 fully saturated rings. The summed E-state index contributed by atoms with van der Waals surface area (Å²) in [6, 6.07) is 4.84. The van der Waals surface area contributed by atoms with Crippen molar-refractivity contribution in [1.82, 2.24) is 4.98 Å². The zero-order valence-electron chi connectivity index (χ0n) is 11.5. The van der Waals surface area contributed by atoms with E-state index in [4.69, 9.17) is 5.73 Å². The summed E-state index contributed by atoms with van der Waals surface area (Å²) in [5, 5.41) is 0. The molecule has 0 amide bonds. The molecule has 1 aromatic rings. The van der Waals surface area contributed by atoms with Gasteiger partial charge in [0.2, 0.25) is 0 Å². The summed E-state index contributed by atoms with van der Waals surface area (Å²) >= 11 is 3.45. The molecule has 0 bridgehead atoms. The number of rotatable bonds is 5. The first-order valence-corrected chi connectivity index (χ1v) is 8.19. The van der Waals surface area contributed by atoms with Gasteiger partial charge < -0.3 is 10.6 Å². The number of anilines is 1. The Hall–Kier alpha value is -0.610. The summed E-state index contributed by atoms with van der Waals surface area (Å²) in [7, 11) is 0. The molecule has 1 saturated carbocycles. The third-order valence-corrected chi connectivity index (χ3v) is 4.34. The van der Waals surface area contributed by atoms with Gasteiger partial charge in [-0.25, -0.2) is 4.98 Å². The van der Waals surface area contributed by atoms with Gasteiger partial charge in [0.05, 0.1) is 0 Å². The lowest BCUT2D eigenvalue weighted by atomic mass is 10.1. The van der Waals surface area contributed by atoms with E-state index in [0.29, 0.717) is 6.04 Å². The second-order valence-electron chi connectivity index (χ2n) is 5.32. The normalized spacial score (nSPS) is 17.2. The first kappa shape index (κ1) is 14.8. The van der Waals surface area contributed by atoms with Crippen LogP contribution in [0.5, 0.6) is 0 Å². The zero-order chi connectivity index (χ0) is 13.5. The third-order valence-electron chi connectivity index (χ3n) is 3.87. The van der Waals surface area contributed by atoms with E-state index in [1.807, 2.05) is 6.20 Å². The van der Waals surface area contributed by atoms with Crippen LogP contribution in [-0.4, -0.2) is 24.1 Å². The number of hydrogen-bond acceptors (Lipinski definition) is 3. The summed E-state index contributed by atoms with van der Waals surface area (Å²) in [6.45, 7) is 1.77. The molecule has 2 N–H and O–H groups in total. The van der Waals surface area contributed by atoms with E-state index in [2.05, 4.69) is 37.9 Å². The second-order valence-corrected chi connectivity index (χ2v) is 6.23. The van der Waals surface area contributed by atoms with Crippen molar-refractivity contribution in [3.8, 4) is 0 Å². The molecule has 0 saturated heterocycles. The van der Waals surface area contributed by atoms with Gasteiger partial charge in [-0.05, 0) is 53.9 Å². The highest BCUT2D eigenvalue weighted by Crippen LogP contribution is 2.26. The molecule has 0 aliphatic heterocycles. The van der Waals surface area contributed by atoms with Crippen molar-refractivity contribution < 1.29 is 0 Å². The van der Waals surface area contributed by atoms with Crippen molar-refractivity contribution in [2.75, 3.05) is 18.0 Å². The topological polar surface area (TPSA) is 42.1 Å². The standard InChI is InChI=1S/C15H24BrN3/c16-13-8-9-15(18-12-13)19(11-5-10-17)14-6-3-1-2-4-7-14/h8-9,12,14H,1-7,10-11,17H2. The SMILES string of the molecule is NCCCN(c1ccc(Br)cn1)C1CCCCCC1. The smallest absolute Gasteiger partial charge is 0.128 e. The summed E-state index contributed by atoms with van der Waals surface area (Å²) in [5.41, 5.74) is 5.68. The molecule has 0 unspecified atom stereocenters. The van der Waals surface area contributed by atoms with Crippen molar-refractivity contribution in [1.29, 1.82) is 0 Å². The number of nitrogens with two attached hydrogens (primary N) is 1. The molecule has 1 aliphatic rings. The largest absolute Gasteiger partial charge is 0.354 e. The van der Waals surface area contributed by atoms with Gasteiger partial charge >= 0.3 is 0 Å². The quantitative estimate of drug-likeness (QED) is 0.839. The van der Waals surface area contributed by atoms with Crippen LogP contribution in [0.1, 0.15) is 44.9 Å². The van der Waals surface area contributed by atoms with Crippen LogP contribution in [0.15, 0.2) is 22.8 Å². The number of pyridine rings is 1. The monoisotopic (exact) mass is 325 g/mol. The van der Waals surface area contributed by atoms with Crippen LogP contribution in [0.4, 0.5) is 5.82 Å². The van der Waals surface area contributed by atoms with Crippen molar-refractivity contribution in [2.45, 2.75) is 51.0 Å². The van der Waals surface area contributed by atoms with E-state index in [-0.39, 0.29) is 0 Å². The molecular weight excluding hydrogens is 302 g/mol. The summed E-state index contributed by atoms with van der Waals surface area (Å²) < 4.78 is 1.04. The van der Waals surface area contributed by atoms with Gasteiger partial charge in [-0.3, -0.25) is 0 Å². The van der Waals surface area contributed by atoms with Gasteiger partial charge in [0.15, 0.2) is 0 Å². The van der Waals surface area contributed by atoms with E-state index in [1.54, 1.807) is 0 Å². The minimum absolute atomic E-state index is 0.641. The summed E-state index contributed by atoms with van der Waals surface area (Å²) in [5.74, 6) is 1.10. The van der Waals surface area contributed by atoms with E-state index < -0.39 is 0 Å². The Morgan fingerprint density at radius 2 is 1.95 bits per heavy atom. The number of aromatic nitrogens is 1. The first-order valence-electron chi connectivity index (χ1n) is 7.39. The van der Waals surface area contributed by atoms with Crippen molar-refractivity contribution in [3.63, 3.8) is 0 Å². The summed E-state index contributed by atoms with van der Waals surface area (Å²) in [4.78, 5) is 7.05. The minimum atomic E-state index is 0.641. The highest BCUT2D eigenvalue weighted by atomic mass is 79.9. The molecule has 0 aromatic carbocycles. The maximum Gasteiger partial charge on any atom is 0.128 e. The van der Waals surface area contributed by atoms with Crippen LogP contribution in [0, 0.1) is 0 Å². The summed E-state index contributed by atoms with van der Waals surface area (Å²) in [6.07, 6.45) is 11.0. The average Bonchev–Trinajstić information content (AvgIpc) is 2.70. The molecule has 1 aliphatic carbocycles. The lowest BCUT2D eigenvalue weighted by Gasteiger charge is -2.32. The zero-order valence-corrected chi connectivity index (χ0v) is 13.1. The van der Waals surface area contributed by atoms with E-state index >= 15 is 0 Å². The van der Waals surface area contributed by atoms with E-state index in [9.17, 15) is 0 Å². The molecule has 2 rings (SSSR count). The van der Waals surface area contributed by atoms with E-state index in [0.717, 1.165) is 29.8 Å². The highest BCUT2D eigenvalue weighted by Gasteiger charge is 2.20. The van der Waals surface area contributed by atoms with Gasteiger partial charge in [0, 0.05) is 23.3 Å². The molecule has 1 heterocycles. The fourth-order valence-corrected chi connectivity index (χ4v) is 3.09. The average molecular weight is 326 g/mol. The van der Waals surface area contributed by atoms with Gasteiger partial charge in [-0.1, -0.05) is 25.7 Å². The Morgan fingerprint density at radius 1 is 1.21 bits per heavy atom. The number of hydrogen-bond donors (Lipinski definition) is 1. The molecule has 1 aromatic heterocycles. The fourth-order valence-electron chi connectivity index (χ4n) is 2.85. The fraction of sp³-hybridized carbons (Fsp3) is 0.667. The van der Waals surface area contributed by atoms with Gasteiger partial charge in [-0.15, -0.1) is 0 Å². The molecule has 0 spiro atoms. The Bertz CT molecular complexity index is 358.